The first-order valence-corrected chi connectivity index (χ1v) is 5.76. The van der Waals surface area contributed by atoms with E-state index in [1.54, 1.807) is 24.3 Å². The van der Waals surface area contributed by atoms with Crippen molar-refractivity contribution in [2.24, 2.45) is 10.2 Å². The molecule has 0 N–H and O–H groups in total. The van der Waals surface area contributed by atoms with Crippen LogP contribution in [-0.4, -0.2) is 21.3 Å². The molecule has 0 aliphatic rings. The quantitative estimate of drug-likeness (QED) is 0.717. The number of benzene rings is 1. The summed E-state index contributed by atoms with van der Waals surface area (Å²) >= 11 is 0. The predicted molar refractivity (Wildman–Crippen MR) is 54.0 cm³/mol. The fourth-order valence-corrected chi connectivity index (χ4v) is 1.92. The van der Waals surface area contributed by atoms with Gasteiger partial charge in [0.2, 0.25) is 0 Å². The standard InChI is InChI=1S/C9H12N2O2S/c1-8-3-5-9(6-4-8)14(12,13)7-11-10-2/h3-6H,7H2,1-2H3. The molecular weight excluding hydrogens is 200 g/mol. The van der Waals surface area contributed by atoms with Crippen molar-refractivity contribution in [2.75, 3.05) is 12.9 Å². The van der Waals surface area contributed by atoms with Gasteiger partial charge < -0.3 is 0 Å². The van der Waals surface area contributed by atoms with E-state index < -0.39 is 9.84 Å². The fraction of sp³-hybridized carbons (Fsp3) is 0.333. The summed E-state index contributed by atoms with van der Waals surface area (Å²) in [5.41, 5.74) is 1.03. The predicted octanol–water partition coefficient (Wildman–Crippen LogP) is 1.81. The third-order valence-electron chi connectivity index (χ3n) is 1.75. The summed E-state index contributed by atoms with van der Waals surface area (Å²) in [6, 6.07) is 6.68. The zero-order chi connectivity index (χ0) is 10.6. The molecule has 5 heteroatoms. The Balaban J connectivity index is 2.99. The Labute approximate surface area is 83.6 Å². The van der Waals surface area contributed by atoms with Crippen LogP contribution in [0.5, 0.6) is 0 Å². The van der Waals surface area contributed by atoms with E-state index in [1.807, 2.05) is 6.92 Å². The van der Waals surface area contributed by atoms with E-state index in [1.165, 1.54) is 7.05 Å². The first-order valence-electron chi connectivity index (χ1n) is 4.11. The van der Waals surface area contributed by atoms with Gasteiger partial charge in [0.1, 0.15) is 0 Å². The lowest BCUT2D eigenvalue weighted by atomic mass is 10.2. The monoisotopic (exact) mass is 212 g/mol. The summed E-state index contributed by atoms with van der Waals surface area (Å²) in [6.07, 6.45) is 0. The Morgan fingerprint density at radius 2 is 1.79 bits per heavy atom. The zero-order valence-corrected chi connectivity index (χ0v) is 8.95. The van der Waals surface area contributed by atoms with Crippen LogP contribution in [0.25, 0.3) is 0 Å². The first kappa shape index (κ1) is 10.8. The number of hydrogen-bond donors (Lipinski definition) is 0. The molecule has 0 bridgehead atoms. The minimum atomic E-state index is -3.30. The molecule has 0 amide bonds. The molecule has 0 atom stereocenters. The van der Waals surface area contributed by atoms with Gasteiger partial charge in [0, 0.05) is 7.05 Å². The van der Waals surface area contributed by atoms with E-state index in [2.05, 4.69) is 10.2 Å². The van der Waals surface area contributed by atoms with Crippen molar-refractivity contribution in [3.8, 4) is 0 Å². The maximum absolute atomic E-state index is 11.5. The average Bonchev–Trinajstić information content (AvgIpc) is 2.16. The number of rotatable bonds is 3. The van der Waals surface area contributed by atoms with Crippen LogP contribution in [-0.2, 0) is 9.84 Å². The van der Waals surface area contributed by atoms with Gasteiger partial charge in [-0.2, -0.15) is 10.2 Å². The third kappa shape index (κ3) is 2.63. The lowest BCUT2D eigenvalue weighted by Gasteiger charge is -2.00. The van der Waals surface area contributed by atoms with Gasteiger partial charge in [-0.1, -0.05) is 17.7 Å². The molecule has 0 saturated heterocycles. The summed E-state index contributed by atoms with van der Waals surface area (Å²) in [6.45, 7) is 1.90. The SMILES string of the molecule is CN=NCS(=O)(=O)c1ccc(C)cc1. The molecule has 1 rings (SSSR count). The summed E-state index contributed by atoms with van der Waals surface area (Å²) in [5.74, 6) is -0.285. The van der Waals surface area contributed by atoms with Crippen LogP contribution in [0.1, 0.15) is 5.56 Å². The van der Waals surface area contributed by atoms with Gasteiger partial charge in [-0.3, -0.25) is 0 Å². The Bertz CT molecular complexity index is 421. The van der Waals surface area contributed by atoms with Crippen molar-refractivity contribution in [1.29, 1.82) is 0 Å². The van der Waals surface area contributed by atoms with E-state index >= 15 is 0 Å². The molecular formula is C9H12N2O2S. The number of aryl methyl sites for hydroxylation is 1. The number of azo groups is 1. The fourth-order valence-electron chi connectivity index (χ4n) is 0.954. The third-order valence-corrected chi connectivity index (χ3v) is 3.20. The van der Waals surface area contributed by atoms with Crippen LogP contribution < -0.4 is 0 Å². The van der Waals surface area contributed by atoms with Gasteiger partial charge >= 0.3 is 0 Å². The molecule has 0 spiro atoms. The van der Waals surface area contributed by atoms with E-state index in [-0.39, 0.29) is 10.8 Å². The van der Waals surface area contributed by atoms with Crippen molar-refractivity contribution in [3.63, 3.8) is 0 Å². The molecule has 0 heterocycles. The highest BCUT2D eigenvalue weighted by Gasteiger charge is 2.12. The molecule has 0 radical (unpaired) electrons. The molecule has 0 aromatic heterocycles. The average molecular weight is 212 g/mol. The molecule has 1 aromatic carbocycles. The van der Waals surface area contributed by atoms with E-state index in [4.69, 9.17) is 0 Å². The lowest BCUT2D eigenvalue weighted by Crippen LogP contribution is -2.04. The minimum Gasteiger partial charge on any atom is -0.222 e. The second-order valence-electron chi connectivity index (χ2n) is 2.90. The Morgan fingerprint density at radius 3 is 2.29 bits per heavy atom. The smallest absolute Gasteiger partial charge is 0.200 e. The van der Waals surface area contributed by atoms with Gasteiger partial charge in [0.25, 0.3) is 0 Å². The second kappa shape index (κ2) is 4.32. The van der Waals surface area contributed by atoms with Gasteiger partial charge in [0.15, 0.2) is 15.7 Å². The van der Waals surface area contributed by atoms with Crippen LogP contribution in [0, 0.1) is 6.92 Å². The number of nitrogens with zero attached hydrogens (tertiary/aromatic N) is 2. The van der Waals surface area contributed by atoms with E-state index in [0.29, 0.717) is 0 Å². The van der Waals surface area contributed by atoms with Crippen LogP contribution in [0.2, 0.25) is 0 Å². The summed E-state index contributed by atoms with van der Waals surface area (Å²) < 4.78 is 23.1. The Morgan fingerprint density at radius 1 is 1.21 bits per heavy atom. The number of sulfone groups is 1. The van der Waals surface area contributed by atoms with Gasteiger partial charge in [-0.25, -0.2) is 8.42 Å². The zero-order valence-electron chi connectivity index (χ0n) is 8.14. The molecule has 0 aliphatic carbocycles. The molecule has 0 unspecified atom stereocenters. The maximum atomic E-state index is 11.5. The molecule has 0 saturated carbocycles. The Kier molecular flexibility index (Phi) is 3.35. The highest BCUT2D eigenvalue weighted by molar-refractivity contribution is 7.91. The largest absolute Gasteiger partial charge is 0.222 e. The van der Waals surface area contributed by atoms with Gasteiger partial charge in [0.05, 0.1) is 4.90 Å². The molecule has 0 fully saturated rings. The Hall–Kier alpha value is -1.23. The maximum Gasteiger partial charge on any atom is 0.200 e. The second-order valence-corrected chi connectivity index (χ2v) is 4.86. The summed E-state index contributed by atoms with van der Waals surface area (Å²) in [4.78, 5) is 0.288. The lowest BCUT2D eigenvalue weighted by molar-refractivity contribution is 0.595. The number of hydrogen-bond acceptors (Lipinski definition) is 4. The summed E-state index contributed by atoms with van der Waals surface area (Å²) in [7, 11) is -1.85. The van der Waals surface area contributed by atoms with Crippen LogP contribution in [0.3, 0.4) is 0 Å². The molecule has 14 heavy (non-hydrogen) atoms. The van der Waals surface area contributed by atoms with Crippen LogP contribution >= 0.6 is 0 Å². The summed E-state index contributed by atoms with van der Waals surface area (Å²) in [5, 5.41) is 6.89. The van der Waals surface area contributed by atoms with Gasteiger partial charge in [-0.05, 0) is 19.1 Å². The van der Waals surface area contributed by atoms with Crippen molar-refractivity contribution in [2.45, 2.75) is 11.8 Å². The molecule has 0 aliphatic heterocycles. The highest BCUT2D eigenvalue weighted by Crippen LogP contribution is 2.12. The van der Waals surface area contributed by atoms with E-state index in [9.17, 15) is 8.42 Å². The van der Waals surface area contributed by atoms with Crippen molar-refractivity contribution >= 4 is 9.84 Å². The van der Waals surface area contributed by atoms with Crippen molar-refractivity contribution in [1.82, 2.24) is 0 Å². The van der Waals surface area contributed by atoms with Crippen LogP contribution in [0.4, 0.5) is 0 Å². The molecule has 76 valence electrons. The van der Waals surface area contributed by atoms with Crippen molar-refractivity contribution < 1.29 is 8.42 Å². The first-order chi connectivity index (χ1) is 6.56. The topological polar surface area (TPSA) is 58.9 Å². The minimum absolute atomic E-state index is 0.285. The van der Waals surface area contributed by atoms with Crippen LogP contribution in [0.15, 0.2) is 39.4 Å². The molecule has 1 aromatic rings. The van der Waals surface area contributed by atoms with Gasteiger partial charge in [-0.15, -0.1) is 0 Å². The highest BCUT2D eigenvalue weighted by atomic mass is 32.2. The van der Waals surface area contributed by atoms with Crippen molar-refractivity contribution in [3.05, 3.63) is 29.8 Å². The van der Waals surface area contributed by atoms with E-state index in [0.717, 1.165) is 5.56 Å². The normalized spacial score (nSPS) is 12.1. The molecule has 4 nitrogen and oxygen atoms in total.